The summed E-state index contributed by atoms with van der Waals surface area (Å²) in [6, 6.07) is 10.9. The van der Waals surface area contributed by atoms with Gasteiger partial charge in [0.15, 0.2) is 0 Å². The van der Waals surface area contributed by atoms with Gasteiger partial charge in [0, 0.05) is 11.3 Å². The van der Waals surface area contributed by atoms with Crippen LogP contribution in [0.2, 0.25) is 0 Å². The number of nitrogens with zero attached hydrogens (tertiary/aromatic N) is 2. The number of rotatable bonds is 3. The predicted molar refractivity (Wildman–Crippen MR) is 72.8 cm³/mol. The molecule has 0 aliphatic carbocycles. The van der Waals surface area contributed by atoms with Crippen LogP contribution in [0.4, 0.5) is 0 Å². The summed E-state index contributed by atoms with van der Waals surface area (Å²) in [4.78, 5) is 8.55. The highest BCUT2D eigenvalue weighted by molar-refractivity contribution is 5.60. The predicted octanol–water partition coefficient (Wildman–Crippen LogP) is 3.58. The van der Waals surface area contributed by atoms with Gasteiger partial charge >= 0.3 is 6.01 Å². The highest BCUT2D eigenvalue weighted by Crippen LogP contribution is 2.22. The summed E-state index contributed by atoms with van der Waals surface area (Å²) < 4.78 is 5.10. The Hall–Kier alpha value is -1.90. The molecule has 0 fully saturated rings. The molecule has 2 rings (SSSR count). The lowest BCUT2D eigenvalue weighted by Gasteiger charge is -2.08. The van der Waals surface area contributed by atoms with Crippen molar-refractivity contribution in [1.29, 1.82) is 0 Å². The monoisotopic (exact) mass is 242 g/mol. The number of hydrogen-bond donors (Lipinski definition) is 0. The molecule has 0 unspecified atom stereocenters. The topological polar surface area (TPSA) is 35.0 Å². The molecule has 3 nitrogen and oxygen atoms in total. The van der Waals surface area contributed by atoms with E-state index >= 15 is 0 Å². The second kappa shape index (κ2) is 5.17. The Balaban J connectivity index is 2.39. The van der Waals surface area contributed by atoms with Gasteiger partial charge < -0.3 is 4.74 Å². The molecule has 0 saturated carbocycles. The van der Waals surface area contributed by atoms with Gasteiger partial charge in [0.05, 0.1) is 12.8 Å². The molecular formula is C15H18N2O. The first kappa shape index (κ1) is 12.6. The molecule has 1 aromatic carbocycles. The number of aromatic nitrogens is 2. The third-order valence-electron chi connectivity index (χ3n) is 2.89. The van der Waals surface area contributed by atoms with Gasteiger partial charge in [0.1, 0.15) is 0 Å². The van der Waals surface area contributed by atoms with Crippen molar-refractivity contribution in [3.8, 4) is 17.3 Å². The van der Waals surface area contributed by atoms with Crippen molar-refractivity contribution < 1.29 is 4.74 Å². The van der Waals surface area contributed by atoms with Gasteiger partial charge in [-0.1, -0.05) is 38.1 Å². The molecule has 0 aliphatic heterocycles. The fourth-order valence-corrected chi connectivity index (χ4v) is 1.82. The maximum atomic E-state index is 5.10. The van der Waals surface area contributed by atoms with E-state index in [9.17, 15) is 0 Å². The van der Waals surface area contributed by atoms with Crippen LogP contribution in [0.5, 0.6) is 6.01 Å². The van der Waals surface area contributed by atoms with Crippen LogP contribution in [0.25, 0.3) is 11.3 Å². The molecular weight excluding hydrogens is 224 g/mol. The van der Waals surface area contributed by atoms with Gasteiger partial charge in [-0.05, 0) is 24.5 Å². The van der Waals surface area contributed by atoms with E-state index in [0.29, 0.717) is 11.9 Å². The number of methoxy groups -OCH3 is 1. The zero-order chi connectivity index (χ0) is 13.1. The number of aryl methyl sites for hydroxylation is 1. The summed E-state index contributed by atoms with van der Waals surface area (Å²) >= 11 is 0. The first-order chi connectivity index (χ1) is 8.60. The Morgan fingerprint density at radius 2 is 1.72 bits per heavy atom. The quantitative estimate of drug-likeness (QED) is 0.825. The van der Waals surface area contributed by atoms with Crippen molar-refractivity contribution in [2.75, 3.05) is 7.11 Å². The molecule has 0 N–H and O–H groups in total. The van der Waals surface area contributed by atoms with Crippen molar-refractivity contribution in [3.63, 3.8) is 0 Å². The van der Waals surface area contributed by atoms with Gasteiger partial charge in [-0.15, -0.1) is 0 Å². The zero-order valence-electron chi connectivity index (χ0n) is 11.3. The van der Waals surface area contributed by atoms with E-state index in [-0.39, 0.29) is 0 Å². The Bertz CT molecular complexity index is 533. The van der Waals surface area contributed by atoms with E-state index in [2.05, 4.69) is 48.1 Å². The fourth-order valence-electron chi connectivity index (χ4n) is 1.82. The van der Waals surface area contributed by atoms with Crippen LogP contribution in [0.1, 0.15) is 31.0 Å². The summed E-state index contributed by atoms with van der Waals surface area (Å²) in [5.74, 6) is 0.542. The Kier molecular flexibility index (Phi) is 3.60. The first-order valence-electron chi connectivity index (χ1n) is 6.10. The average Bonchev–Trinajstić information content (AvgIpc) is 2.38. The number of ether oxygens (including phenoxy) is 1. The molecule has 3 heteroatoms. The fraction of sp³-hybridized carbons (Fsp3) is 0.333. The molecule has 0 amide bonds. The van der Waals surface area contributed by atoms with E-state index in [1.54, 1.807) is 7.11 Å². The highest BCUT2D eigenvalue weighted by atomic mass is 16.5. The summed E-state index contributed by atoms with van der Waals surface area (Å²) in [6.07, 6.45) is 0. The van der Waals surface area contributed by atoms with Crippen LogP contribution in [0.3, 0.4) is 0 Å². The highest BCUT2D eigenvalue weighted by Gasteiger charge is 2.05. The van der Waals surface area contributed by atoms with Gasteiger partial charge in [0.2, 0.25) is 0 Å². The molecule has 1 heterocycles. The summed E-state index contributed by atoms with van der Waals surface area (Å²) in [6.45, 7) is 6.32. The normalized spacial score (nSPS) is 10.7. The lowest BCUT2D eigenvalue weighted by molar-refractivity contribution is 0.379. The van der Waals surface area contributed by atoms with E-state index in [1.165, 1.54) is 5.56 Å². The molecule has 0 radical (unpaired) electrons. The van der Waals surface area contributed by atoms with Crippen molar-refractivity contribution in [3.05, 3.63) is 41.6 Å². The smallest absolute Gasteiger partial charge is 0.316 e. The number of hydrogen-bond acceptors (Lipinski definition) is 3. The van der Waals surface area contributed by atoms with Gasteiger partial charge in [-0.2, -0.15) is 4.98 Å². The van der Waals surface area contributed by atoms with Gasteiger partial charge in [-0.25, -0.2) is 4.98 Å². The molecule has 0 saturated heterocycles. The summed E-state index contributed by atoms with van der Waals surface area (Å²) in [7, 11) is 1.58. The summed E-state index contributed by atoms with van der Waals surface area (Å²) in [5.41, 5.74) is 4.22. The molecule has 94 valence electrons. The third-order valence-corrected chi connectivity index (χ3v) is 2.89. The lowest BCUT2D eigenvalue weighted by atomic mass is 10.0. The van der Waals surface area contributed by atoms with Crippen LogP contribution in [0.15, 0.2) is 30.3 Å². The Morgan fingerprint density at radius 3 is 2.28 bits per heavy atom. The van der Waals surface area contributed by atoms with Crippen molar-refractivity contribution in [1.82, 2.24) is 9.97 Å². The van der Waals surface area contributed by atoms with E-state index in [4.69, 9.17) is 4.74 Å². The van der Waals surface area contributed by atoms with Crippen LogP contribution in [0, 0.1) is 6.92 Å². The first-order valence-corrected chi connectivity index (χ1v) is 6.10. The molecule has 2 aromatic rings. The third kappa shape index (κ3) is 2.67. The van der Waals surface area contributed by atoms with E-state index in [1.807, 2.05) is 13.0 Å². The van der Waals surface area contributed by atoms with Crippen LogP contribution in [-0.2, 0) is 0 Å². The minimum Gasteiger partial charge on any atom is -0.467 e. The molecule has 1 aromatic heterocycles. The van der Waals surface area contributed by atoms with Crippen LogP contribution >= 0.6 is 0 Å². The van der Waals surface area contributed by atoms with Gasteiger partial charge in [-0.3, -0.25) is 0 Å². The van der Waals surface area contributed by atoms with Crippen molar-refractivity contribution in [2.24, 2.45) is 0 Å². The van der Waals surface area contributed by atoms with E-state index in [0.717, 1.165) is 17.0 Å². The maximum absolute atomic E-state index is 5.10. The molecule has 18 heavy (non-hydrogen) atoms. The largest absolute Gasteiger partial charge is 0.467 e. The Morgan fingerprint density at radius 1 is 1.06 bits per heavy atom. The zero-order valence-corrected chi connectivity index (χ0v) is 11.3. The molecule has 0 atom stereocenters. The summed E-state index contributed by atoms with van der Waals surface area (Å²) in [5, 5.41) is 0. The van der Waals surface area contributed by atoms with Gasteiger partial charge in [0.25, 0.3) is 0 Å². The number of benzene rings is 1. The van der Waals surface area contributed by atoms with Crippen molar-refractivity contribution in [2.45, 2.75) is 26.7 Å². The van der Waals surface area contributed by atoms with Crippen LogP contribution < -0.4 is 4.74 Å². The Labute approximate surface area is 108 Å². The molecule has 0 spiro atoms. The van der Waals surface area contributed by atoms with Crippen LogP contribution in [-0.4, -0.2) is 17.1 Å². The maximum Gasteiger partial charge on any atom is 0.316 e. The second-order valence-electron chi connectivity index (χ2n) is 4.66. The minimum absolute atomic E-state index is 0.415. The SMILES string of the molecule is COc1nc(C)cc(-c2ccc(C(C)C)cc2)n1. The molecule has 0 aliphatic rings. The second-order valence-corrected chi connectivity index (χ2v) is 4.66. The average molecular weight is 242 g/mol. The standard InChI is InChI=1S/C15H18N2O/c1-10(2)12-5-7-13(8-6-12)14-9-11(3)16-15(17-14)18-4/h5-10H,1-4H3. The molecule has 0 bridgehead atoms. The lowest BCUT2D eigenvalue weighted by Crippen LogP contribution is -1.96. The van der Waals surface area contributed by atoms with E-state index < -0.39 is 0 Å². The van der Waals surface area contributed by atoms with Crippen molar-refractivity contribution >= 4 is 0 Å². The minimum atomic E-state index is 0.415.